The van der Waals surface area contributed by atoms with Crippen molar-refractivity contribution in [2.75, 3.05) is 11.5 Å². The SMILES string of the molecule is O=C(O)C1C2CCCC1CSC2. The smallest absolute Gasteiger partial charge is 0.307 e. The summed E-state index contributed by atoms with van der Waals surface area (Å²) in [7, 11) is 0. The van der Waals surface area contributed by atoms with Gasteiger partial charge in [-0.2, -0.15) is 11.8 Å². The summed E-state index contributed by atoms with van der Waals surface area (Å²) in [5, 5.41) is 9.03. The number of hydrogen-bond acceptors (Lipinski definition) is 2. The molecule has 1 saturated carbocycles. The van der Waals surface area contributed by atoms with Gasteiger partial charge in [0, 0.05) is 0 Å². The summed E-state index contributed by atoms with van der Waals surface area (Å²) in [6.45, 7) is 0. The van der Waals surface area contributed by atoms with Gasteiger partial charge in [0.1, 0.15) is 0 Å². The van der Waals surface area contributed by atoms with Gasteiger partial charge in [-0.15, -0.1) is 0 Å². The Balaban J connectivity index is 2.13. The zero-order valence-corrected chi connectivity index (χ0v) is 7.85. The maximum atomic E-state index is 11.0. The third-order valence-electron chi connectivity index (χ3n) is 3.11. The van der Waals surface area contributed by atoms with Crippen LogP contribution in [0.1, 0.15) is 19.3 Å². The molecular formula is C9H14O2S. The van der Waals surface area contributed by atoms with Gasteiger partial charge in [-0.3, -0.25) is 4.79 Å². The number of carbonyl (C=O) groups is 1. The molecule has 0 aromatic carbocycles. The lowest BCUT2D eigenvalue weighted by atomic mass is 9.73. The minimum atomic E-state index is -0.551. The predicted octanol–water partition coefficient (Wildman–Crippen LogP) is 1.85. The Hall–Kier alpha value is -0.180. The van der Waals surface area contributed by atoms with Crippen LogP contribution in [0, 0.1) is 17.8 Å². The molecule has 2 aliphatic rings. The van der Waals surface area contributed by atoms with Gasteiger partial charge in [-0.05, 0) is 36.2 Å². The van der Waals surface area contributed by atoms with Crippen LogP contribution in [-0.2, 0) is 4.79 Å². The van der Waals surface area contributed by atoms with Crippen LogP contribution in [-0.4, -0.2) is 22.6 Å². The Kier molecular flexibility index (Phi) is 2.31. The predicted molar refractivity (Wildman–Crippen MR) is 49.3 cm³/mol. The van der Waals surface area contributed by atoms with Crippen LogP contribution in [0.3, 0.4) is 0 Å². The molecule has 2 nitrogen and oxygen atoms in total. The van der Waals surface area contributed by atoms with Crippen molar-refractivity contribution in [2.24, 2.45) is 17.8 Å². The summed E-state index contributed by atoms with van der Waals surface area (Å²) in [4.78, 5) is 11.0. The first-order chi connectivity index (χ1) is 5.79. The van der Waals surface area contributed by atoms with E-state index in [1.54, 1.807) is 0 Å². The number of aliphatic carboxylic acids is 1. The summed E-state index contributed by atoms with van der Waals surface area (Å²) < 4.78 is 0. The van der Waals surface area contributed by atoms with Crippen molar-refractivity contribution < 1.29 is 9.90 Å². The Labute approximate surface area is 76.7 Å². The second-order valence-corrected chi connectivity index (χ2v) is 4.93. The number of thioether (sulfide) groups is 1. The highest BCUT2D eigenvalue weighted by Crippen LogP contribution is 2.42. The Bertz CT molecular complexity index is 171. The standard InChI is InChI=1S/C9H14O2S/c10-9(11)8-6-2-1-3-7(8)5-12-4-6/h6-8H,1-5H2,(H,10,11). The van der Waals surface area contributed by atoms with E-state index in [2.05, 4.69) is 0 Å². The fraction of sp³-hybridized carbons (Fsp3) is 0.889. The highest BCUT2D eigenvalue weighted by Gasteiger charge is 2.40. The molecule has 1 heterocycles. The minimum Gasteiger partial charge on any atom is -0.481 e. The fourth-order valence-corrected chi connectivity index (χ4v) is 4.02. The Morgan fingerprint density at radius 3 is 2.25 bits per heavy atom. The van der Waals surface area contributed by atoms with Crippen LogP contribution < -0.4 is 0 Å². The van der Waals surface area contributed by atoms with Crippen molar-refractivity contribution in [1.82, 2.24) is 0 Å². The van der Waals surface area contributed by atoms with Crippen molar-refractivity contribution in [3.63, 3.8) is 0 Å². The second-order valence-electron chi connectivity index (χ2n) is 3.85. The van der Waals surface area contributed by atoms with Crippen LogP contribution in [0.2, 0.25) is 0 Å². The van der Waals surface area contributed by atoms with E-state index >= 15 is 0 Å². The van der Waals surface area contributed by atoms with Crippen LogP contribution >= 0.6 is 11.8 Å². The molecule has 0 spiro atoms. The molecule has 0 radical (unpaired) electrons. The first-order valence-electron chi connectivity index (χ1n) is 4.59. The molecule has 2 fully saturated rings. The Morgan fingerprint density at radius 2 is 1.83 bits per heavy atom. The van der Waals surface area contributed by atoms with E-state index in [4.69, 9.17) is 5.11 Å². The van der Waals surface area contributed by atoms with Gasteiger partial charge in [0.25, 0.3) is 0 Å². The van der Waals surface area contributed by atoms with Crippen molar-refractivity contribution in [3.8, 4) is 0 Å². The molecule has 1 saturated heterocycles. The average Bonchev–Trinajstić information content (AvgIpc) is 2.02. The van der Waals surface area contributed by atoms with Crippen LogP contribution in [0.5, 0.6) is 0 Å². The van der Waals surface area contributed by atoms with Crippen molar-refractivity contribution in [1.29, 1.82) is 0 Å². The molecule has 1 N–H and O–H groups in total. The average molecular weight is 186 g/mol. The third kappa shape index (κ3) is 1.35. The summed E-state index contributed by atoms with van der Waals surface area (Å²) in [5.41, 5.74) is 0. The van der Waals surface area contributed by atoms with Gasteiger partial charge in [-0.25, -0.2) is 0 Å². The zero-order valence-electron chi connectivity index (χ0n) is 7.03. The summed E-state index contributed by atoms with van der Waals surface area (Å²) in [6.07, 6.45) is 3.53. The van der Waals surface area contributed by atoms with E-state index in [0.29, 0.717) is 11.8 Å². The molecule has 0 amide bonds. The lowest BCUT2D eigenvalue weighted by Crippen LogP contribution is -2.40. The van der Waals surface area contributed by atoms with E-state index in [0.717, 1.165) is 24.3 Å². The molecule has 12 heavy (non-hydrogen) atoms. The summed E-state index contributed by atoms with van der Waals surface area (Å²) in [6, 6.07) is 0. The van der Waals surface area contributed by atoms with Gasteiger partial charge in [-0.1, -0.05) is 6.42 Å². The molecule has 1 aliphatic carbocycles. The lowest BCUT2D eigenvalue weighted by Gasteiger charge is -2.39. The molecule has 2 rings (SSSR count). The van der Waals surface area contributed by atoms with Gasteiger partial charge < -0.3 is 5.11 Å². The largest absolute Gasteiger partial charge is 0.481 e. The second kappa shape index (κ2) is 3.29. The Morgan fingerprint density at radius 1 is 1.25 bits per heavy atom. The van der Waals surface area contributed by atoms with E-state index in [9.17, 15) is 4.79 Å². The van der Waals surface area contributed by atoms with Gasteiger partial charge >= 0.3 is 5.97 Å². The topological polar surface area (TPSA) is 37.3 Å². The number of fused-ring (bicyclic) bond motifs is 2. The summed E-state index contributed by atoms with van der Waals surface area (Å²) in [5.74, 6) is 2.53. The van der Waals surface area contributed by atoms with Gasteiger partial charge in [0.15, 0.2) is 0 Å². The molecule has 3 heteroatoms. The van der Waals surface area contributed by atoms with E-state index in [1.165, 1.54) is 6.42 Å². The van der Waals surface area contributed by atoms with Crippen molar-refractivity contribution in [3.05, 3.63) is 0 Å². The van der Waals surface area contributed by atoms with Crippen LogP contribution in [0.25, 0.3) is 0 Å². The number of hydrogen-bond donors (Lipinski definition) is 1. The molecular weight excluding hydrogens is 172 g/mol. The van der Waals surface area contributed by atoms with E-state index < -0.39 is 5.97 Å². The molecule has 0 aromatic rings. The highest BCUT2D eigenvalue weighted by molar-refractivity contribution is 7.99. The zero-order chi connectivity index (χ0) is 8.55. The van der Waals surface area contributed by atoms with Crippen LogP contribution in [0.4, 0.5) is 0 Å². The van der Waals surface area contributed by atoms with E-state index in [-0.39, 0.29) is 5.92 Å². The maximum absolute atomic E-state index is 11.0. The minimum absolute atomic E-state index is 0.0139. The lowest BCUT2D eigenvalue weighted by molar-refractivity contribution is -0.146. The van der Waals surface area contributed by atoms with Crippen molar-refractivity contribution in [2.45, 2.75) is 19.3 Å². The van der Waals surface area contributed by atoms with Crippen LogP contribution in [0.15, 0.2) is 0 Å². The molecule has 2 bridgehead atoms. The monoisotopic (exact) mass is 186 g/mol. The first-order valence-corrected chi connectivity index (χ1v) is 5.75. The number of carboxylic acids is 1. The summed E-state index contributed by atoms with van der Waals surface area (Å²) >= 11 is 1.94. The maximum Gasteiger partial charge on any atom is 0.307 e. The fourth-order valence-electron chi connectivity index (χ4n) is 2.53. The third-order valence-corrected chi connectivity index (χ3v) is 4.44. The molecule has 2 atom stereocenters. The van der Waals surface area contributed by atoms with Gasteiger partial charge in [0.05, 0.1) is 5.92 Å². The highest BCUT2D eigenvalue weighted by atomic mass is 32.2. The van der Waals surface area contributed by atoms with Crippen molar-refractivity contribution >= 4 is 17.7 Å². The van der Waals surface area contributed by atoms with Gasteiger partial charge in [0.2, 0.25) is 0 Å². The molecule has 0 aromatic heterocycles. The number of rotatable bonds is 1. The normalized spacial score (nSPS) is 40.8. The van der Waals surface area contributed by atoms with E-state index in [1.807, 2.05) is 11.8 Å². The molecule has 2 unspecified atom stereocenters. The quantitative estimate of drug-likeness (QED) is 0.679. The first kappa shape index (κ1) is 8.42. The number of carboxylic acid groups (broad SMARTS) is 1. The molecule has 68 valence electrons. The molecule has 1 aliphatic heterocycles.